The summed E-state index contributed by atoms with van der Waals surface area (Å²) in [6, 6.07) is 0. The molecule has 0 aliphatic heterocycles. The van der Waals surface area contributed by atoms with E-state index >= 15 is 0 Å². The first-order valence-corrected chi connectivity index (χ1v) is 5.48. The van der Waals surface area contributed by atoms with Crippen LogP contribution in [0.5, 0.6) is 0 Å². The quantitative estimate of drug-likeness (QED) is 0.474. The van der Waals surface area contributed by atoms with Crippen molar-refractivity contribution in [3.05, 3.63) is 0 Å². The standard InChI is InChI=1S/C3H6OS4/c1-2-4-3(5)8(6)7/h5H,2H2,1H3. The van der Waals surface area contributed by atoms with E-state index in [-0.39, 0.29) is 0 Å². The molecule has 48 valence electrons. The Morgan fingerprint density at radius 3 is 2.38 bits per heavy atom. The van der Waals surface area contributed by atoms with Crippen molar-refractivity contribution in [1.82, 2.24) is 0 Å². The number of ether oxygens (including phenoxy) is 1. The molecule has 0 saturated carbocycles. The molecule has 0 N–H and O–H groups in total. The van der Waals surface area contributed by atoms with E-state index in [0.717, 1.165) is 0 Å². The van der Waals surface area contributed by atoms with Crippen LogP contribution in [0.2, 0.25) is 0 Å². The van der Waals surface area contributed by atoms with E-state index in [9.17, 15) is 0 Å². The Labute approximate surface area is 65.3 Å². The summed E-state index contributed by atoms with van der Waals surface area (Å²) in [5.74, 6) is 0. The number of hydrogen-bond acceptors (Lipinski definition) is 3. The van der Waals surface area contributed by atoms with E-state index < -0.39 is 7.60 Å². The van der Waals surface area contributed by atoms with Crippen molar-refractivity contribution < 1.29 is 4.74 Å². The van der Waals surface area contributed by atoms with E-state index in [1.54, 1.807) is 0 Å². The predicted molar refractivity (Wildman–Crippen MR) is 47.7 cm³/mol. The van der Waals surface area contributed by atoms with Gasteiger partial charge in [0.15, 0.2) is 4.38 Å². The Hall–Kier alpha value is 0.840. The molecule has 0 aromatic carbocycles. The van der Waals surface area contributed by atoms with E-state index in [4.69, 9.17) is 4.74 Å². The zero-order chi connectivity index (χ0) is 6.57. The summed E-state index contributed by atoms with van der Waals surface area (Å²) in [4.78, 5) is 0. The Bertz CT molecular complexity index is 169. The van der Waals surface area contributed by atoms with Crippen molar-refractivity contribution in [2.75, 3.05) is 6.61 Å². The van der Waals surface area contributed by atoms with Crippen molar-refractivity contribution in [2.45, 2.75) is 6.92 Å². The minimum atomic E-state index is -0.635. The minimum Gasteiger partial charge on any atom is -0.331 e. The fraction of sp³-hybridized carbons (Fsp3) is 0.667. The van der Waals surface area contributed by atoms with Gasteiger partial charge in [0.25, 0.3) is 0 Å². The molecule has 0 rings (SSSR count). The first kappa shape index (κ1) is 8.84. The highest BCUT2D eigenvalue weighted by Crippen LogP contribution is 1.82. The van der Waals surface area contributed by atoms with Crippen LogP contribution in [0.4, 0.5) is 0 Å². The van der Waals surface area contributed by atoms with Gasteiger partial charge in [0, 0.05) is 0 Å². The van der Waals surface area contributed by atoms with Gasteiger partial charge >= 0.3 is 0 Å². The third-order valence-electron chi connectivity index (χ3n) is 0.410. The van der Waals surface area contributed by atoms with Crippen LogP contribution in [0.1, 0.15) is 6.92 Å². The summed E-state index contributed by atoms with van der Waals surface area (Å²) in [7, 11) is -0.635. The number of hydrogen-bond donors (Lipinski definition) is 1. The summed E-state index contributed by atoms with van der Waals surface area (Å²) in [5, 5.41) is 0. The van der Waals surface area contributed by atoms with Crippen LogP contribution < -0.4 is 0 Å². The lowest BCUT2D eigenvalue weighted by Gasteiger charge is -1.90. The first-order chi connectivity index (χ1) is 3.68. The topological polar surface area (TPSA) is 9.23 Å². The molecule has 0 heterocycles. The monoisotopic (exact) mass is 186 g/mol. The molecule has 0 amide bonds. The van der Waals surface area contributed by atoms with Gasteiger partial charge in [-0.25, -0.2) is 0 Å². The molecule has 0 aliphatic rings. The molecule has 0 aromatic rings. The highest BCUT2D eigenvalue weighted by molar-refractivity contribution is 8.49. The number of rotatable bonds is 1. The van der Waals surface area contributed by atoms with Gasteiger partial charge in [0.2, 0.25) is 0 Å². The molecule has 0 fully saturated rings. The molecule has 0 saturated heterocycles. The normalized spacial score (nSPS) is 8.75. The smallest absolute Gasteiger partial charge is 0.172 e. The highest BCUT2D eigenvalue weighted by atomic mass is 33.1. The van der Waals surface area contributed by atoms with Crippen LogP contribution in [-0.2, 0) is 34.7 Å². The molecule has 8 heavy (non-hydrogen) atoms. The zero-order valence-electron chi connectivity index (χ0n) is 4.29. The molecule has 5 heteroatoms. The van der Waals surface area contributed by atoms with Gasteiger partial charge in [-0.05, 0) is 36.9 Å². The van der Waals surface area contributed by atoms with Crippen molar-refractivity contribution in [3.63, 3.8) is 0 Å². The van der Waals surface area contributed by atoms with Crippen LogP contribution >= 0.6 is 12.6 Å². The van der Waals surface area contributed by atoms with Crippen LogP contribution in [-0.4, -0.2) is 11.0 Å². The fourth-order valence-electron chi connectivity index (χ4n) is 0.172. The first-order valence-electron chi connectivity index (χ1n) is 1.96. The summed E-state index contributed by atoms with van der Waals surface area (Å²) in [6.45, 7) is 2.46. The maximum atomic E-state index is 4.89. The highest BCUT2D eigenvalue weighted by Gasteiger charge is 1.82. The maximum Gasteiger partial charge on any atom is 0.172 e. The van der Waals surface area contributed by atoms with Crippen molar-refractivity contribution >= 4 is 47.0 Å². The van der Waals surface area contributed by atoms with Gasteiger partial charge in [0.05, 0.1) is 6.61 Å². The molecule has 0 unspecified atom stereocenters. The van der Waals surface area contributed by atoms with Gasteiger partial charge in [0.1, 0.15) is 0 Å². The minimum absolute atomic E-state index is 0.484. The van der Waals surface area contributed by atoms with Gasteiger partial charge in [-0.3, -0.25) is 0 Å². The largest absolute Gasteiger partial charge is 0.331 e. The van der Waals surface area contributed by atoms with Crippen molar-refractivity contribution in [3.8, 4) is 0 Å². The molecule has 1 nitrogen and oxygen atoms in total. The Kier molecular flexibility index (Phi) is 5.19. The average molecular weight is 186 g/mol. The molecule has 0 radical (unpaired) electrons. The lowest BCUT2D eigenvalue weighted by Crippen LogP contribution is -1.94. The molecule has 0 bridgehead atoms. The SMILES string of the molecule is CCOC(S)=S(=S)=S. The fourth-order valence-corrected chi connectivity index (χ4v) is 0.803. The van der Waals surface area contributed by atoms with E-state index in [1.165, 1.54) is 0 Å². The number of thiol groups is 1. The molecule has 0 atom stereocenters. The molecule has 0 spiro atoms. The molecular formula is C3H6OS4. The van der Waals surface area contributed by atoms with Crippen LogP contribution in [0.25, 0.3) is 0 Å². The van der Waals surface area contributed by atoms with Crippen LogP contribution in [0.3, 0.4) is 0 Å². The van der Waals surface area contributed by atoms with Gasteiger partial charge in [-0.1, -0.05) is 0 Å². The third-order valence-corrected chi connectivity index (χ3v) is 3.14. The lowest BCUT2D eigenvalue weighted by atomic mass is 10.9. The van der Waals surface area contributed by atoms with Crippen LogP contribution in [0.15, 0.2) is 0 Å². The average Bonchev–Trinajstić information content (AvgIpc) is 1.67. The summed E-state index contributed by atoms with van der Waals surface area (Å²) < 4.78 is 5.37. The zero-order valence-corrected chi connectivity index (χ0v) is 7.63. The van der Waals surface area contributed by atoms with Crippen LogP contribution in [0, 0.1) is 0 Å². The third kappa shape index (κ3) is 3.80. The van der Waals surface area contributed by atoms with Crippen molar-refractivity contribution in [2.24, 2.45) is 0 Å². The Balaban J connectivity index is 4.03. The lowest BCUT2D eigenvalue weighted by molar-refractivity contribution is 0.346. The van der Waals surface area contributed by atoms with Gasteiger partial charge in [-0.2, -0.15) is 0 Å². The van der Waals surface area contributed by atoms with E-state index in [2.05, 4.69) is 35.0 Å². The van der Waals surface area contributed by atoms with E-state index in [0.29, 0.717) is 11.0 Å². The Morgan fingerprint density at radius 2 is 2.25 bits per heavy atom. The summed E-state index contributed by atoms with van der Waals surface area (Å²) >= 11 is 13.2. The Morgan fingerprint density at radius 1 is 1.75 bits per heavy atom. The second-order valence-electron chi connectivity index (χ2n) is 0.934. The second kappa shape index (κ2) is 4.69. The molecule has 0 aliphatic carbocycles. The second-order valence-corrected chi connectivity index (χ2v) is 5.12. The van der Waals surface area contributed by atoms with Gasteiger partial charge in [-0.15, -0.1) is 12.6 Å². The maximum absolute atomic E-state index is 4.89. The molecule has 0 aromatic heterocycles. The summed E-state index contributed by atoms with van der Waals surface area (Å²) in [5.41, 5.74) is 0. The van der Waals surface area contributed by atoms with Crippen molar-refractivity contribution in [1.29, 1.82) is 0 Å². The summed E-state index contributed by atoms with van der Waals surface area (Å²) in [6.07, 6.45) is 0. The molecular weight excluding hydrogens is 180 g/mol. The van der Waals surface area contributed by atoms with Gasteiger partial charge < -0.3 is 4.74 Å². The van der Waals surface area contributed by atoms with E-state index in [1.807, 2.05) is 6.92 Å². The predicted octanol–water partition coefficient (Wildman–Crippen LogP) is 0.582.